The van der Waals surface area contributed by atoms with Gasteiger partial charge in [0.2, 0.25) is 0 Å². The molecule has 5 rings (SSSR count). The number of phenols is 1. The minimum atomic E-state index is -0.648. The minimum Gasteiger partial charge on any atom is -0.504 e. The summed E-state index contributed by atoms with van der Waals surface area (Å²) in [4.78, 5) is 11.6. The molecule has 0 atom stereocenters. The van der Waals surface area contributed by atoms with Crippen LogP contribution in [0.5, 0.6) is 5.75 Å². The number of pyridine rings is 2. The zero-order valence-electron chi connectivity index (χ0n) is 22.6. The van der Waals surface area contributed by atoms with Crippen molar-refractivity contribution >= 4 is 17.2 Å². The number of halogens is 1. The normalized spacial score (nSPS) is 11.3. The van der Waals surface area contributed by atoms with Crippen molar-refractivity contribution in [2.24, 2.45) is 0 Å². The first-order chi connectivity index (χ1) is 18.8. The first-order valence-corrected chi connectivity index (χ1v) is 13.2. The molecule has 0 bridgehead atoms. The molecule has 0 aliphatic heterocycles. The van der Waals surface area contributed by atoms with Crippen molar-refractivity contribution in [3.05, 3.63) is 120 Å². The number of para-hydroxylation sites is 1. The zero-order valence-corrected chi connectivity index (χ0v) is 22.6. The molecule has 4 nitrogen and oxygen atoms in total. The van der Waals surface area contributed by atoms with Crippen molar-refractivity contribution in [3.63, 3.8) is 0 Å². The average molecular weight is 518 g/mol. The van der Waals surface area contributed by atoms with Crippen LogP contribution in [0, 0.1) is 5.82 Å². The fraction of sp³-hybridized carbons (Fsp3) is 0.176. The molecule has 1 N–H and O–H groups in total. The van der Waals surface area contributed by atoms with E-state index < -0.39 is 5.82 Å². The molecule has 5 heteroatoms. The van der Waals surface area contributed by atoms with E-state index in [9.17, 15) is 9.50 Å². The van der Waals surface area contributed by atoms with Crippen LogP contribution in [0.3, 0.4) is 0 Å². The van der Waals surface area contributed by atoms with Gasteiger partial charge in [-0.25, -0.2) is 9.37 Å². The summed E-state index contributed by atoms with van der Waals surface area (Å²) in [6.45, 7) is 8.78. The molecule has 0 aliphatic rings. The fourth-order valence-corrected chi connectivity index (χ4v) is 4.63. The molecule has 5 aromatic rings. The van der Waals surface area contributed by atoms with Gasteiger partial charge >= 0.3 is 0 Å². The Kier molecular flexibility index (Phi) is 7.42. The Labute approximate surface area is 229 Å². The number of phenolic OH excluding ortho intramolecular Hbond substituents is 1. The molecule has 0 saturated carbocycles. The predicted octanol–water partition coefficient (Wildman–Crippen LogP) is 9.37. The van der Waals surface area contributed by atoms with Gasteiger partial charge in [0, 0.05) is 23.1 Å². The van der Waals surface area contributed by atoms with Crippen molar-refractivity contribution in [1.82, 2.24) is 9.97 Å². The Balaban J connectivity index is 1.73. The number of hydrogen-bond acceptors (Lipinski definition) is 4. The fourth-order valence-electron chi connectivity index (χ4n) is 4.63. The maximum Gasteiger partial charge on any atom is 0.165 e. The first kappa shape index (κ1) is 26.1. The third kappa shape index (κ3) is 5.53. The van der Waals surface area contributed by atoms with Crippen molar-refractivity contribution in [2.75, 3.05) is 4.90 Å². The van der Waals surface area contributed by atoms with E-state index in [1.165, 1.54) is 17.2 Å². The lowest BCUT2D eigenvalue weighted by molar-refractivity contribution is 0.434. The summed E-state index contributed by atoms with van der Waals surface area (Å²) in [6, 6.07) is 30.7. The molecular formula is C34H32FN3O. The van der Waals surface area contributed by atoms with Crippen molar-refractivity contribution in [3.8, 4) is 28.3 Å². The molecule has 39 heavy (non-hydrogen) atoms. The molecule has 0 aliphatic carbocycles. The van der Waals surface area contributed by atoms with E-state index in [0.29, 0.717) is 23.0 Å². The highest BCUT2D eigenvalue weighted by atomic mass is 19.1. The second-order valence-electron chi connectivity index (χ2n) is 10.3. The van der Waals surface area contributed by atoms with Gasteiger partial charge in [0.25, 0.3) is 0 Å². The third-order valence-corrected chi connectivity index (χ3v) is 6.85. The van der Waals surface area contributed by atoms with Gasteiger partial charge in [0.15, 0.2) is 11.6 Å². The van der Waals surface area contributed by atoms with Gasteiger partial charge in [-0.2, -0.15) is 0 Å². The van der Waals surface area contributed by atoms with Gasteiger partial charge in [-0.1, -0.05) is 70.2 Å². The number of aromatic hydroxyl groups is 1. The van der Waals surface area contributed by atoms with Gasteiger partial charge in [0.05, 0.1) is 11.4 Å². The molecule has 0 radical (unpaired) electrons. The molecule has 0 amide bonds. The van der Waals surface area contributed by atoms with Crippen LogP contribution in [-0.4, -0.2) is 15.1 Å². The van der Waals surface area contributed by atoms with E-state index in [0.717, 1.165) is 28.6 Å². The minimum absolute atomic E-state index is 0.340. The monoisotopic (exact) mass is 517 g/mol. The highest BCUT2D eigenvalue weighted by Gasteiger charge is 2.19. The lowest BCUT2D eigenvalue weighted by atomic mass is 9.94. The Morgan fingerprint density at radius 1 is 0.692 bits per heavy atom. The van der Waals surface area contributed by atoms with E-state index in [2.05, 4.69) is 55.8 Å². The van der Waals surface area contributed by atoms with Crippen LogP contribution in [0.15, 0.2) is 103 Å². The maximum absolute atomic E-state index is 14.2. The standard InChI is InChI=1S/C34H32FN3O/c1-22(2)25-18-26(23(3)4)21-28(20-25)38(33-16-9-15-32(37-33)31-14-5-6-17-36-31)27-11-7-10-24(19-27)29-12-8-13-30(35)34(29)39/h5-23,39H,1-4H3. The summed E-state index contributed by atoms with van der Waals surface area (Å²) in [5.41, 5.74) is 7.00. The topological polar surface area (TPSA) is 49.2 Å². The smallest absolute Gasteiger partial charge is 0.165 e. The van der Waals surface area contributed by atoms with Gasteiger partial charge in [-0.15, -0.1) is 0 Å². The number of benzene rings is 3. The van der Waals surface area contributed by atoms with Crippen LogP contribution in [0.4, 0.5) is 21.6 Å². The second kappa shape index (κ2) is 11.1. The third-order valence-electron chi connectivity index (χ3n) is 6.85. The molecule has 0 spiro atoms. The van der Waals surface area contributed by atoms with Crippen LogP contribution in [0.1, 0.15) is 50.7 Å². The summed E-state index contributed by atoms with van der Waals surface area (Å²) in [5.74, 6) is 0.404. The van der Waals surface area contributed by atoms with Crippen molar-refractivity contribution in [1.29, 1.82) is 0 Å². The number of aromatic nitrogens is 2. The number of anilines is 3. The molecule has 0 saturated heterocycles. The summed E-state index contributed by atoms with van der Waals surface area (Å²) in [6.07, 6.45) is 1.76. The van der Waals surface area contributed by atoms with Crippen LogP contribution in [-0.2, 0) is 0 Å². The lowest BCUT2D eigenvalue weighted by Gasteiger charge is -2.27. The Morgan fingerprint density at radius 2 is 1.38 bits per heavy atom. The van der Waals surface area contributed by atoms with E-state index >= 15 is 0 Å². The Morgan fingerprint density at radius 3 is 2.08 bits per heavy atom. The van der Waals surface area contributed by atoms with Gasteiger partial charge in [-0.05, 0) is 83.1 Å². The van der Waals surface area contributed by atoms with E-state index in [4.69, 9.17) is 4.98 Å². The lowest BCUT2D eigenvalue weighted by Crippen LogP contribution is -2.13. The summed E-state index contributed by atoms with van der Waals surface area (Å²) in [7, 11) is 0. The predicted molar refractivity (Wildman–Crippen MR) is 157 cm³/mol. The van der Waals surface area contributed by atoms with Crippen molar-refractivity contribution < 1.29 is 9.50 Å². The largest absolute Gasteiger partial charge is 0.504 e. The Bertz CT molecular complexity index is 1570. The van der Waals surface area contributed by atoms with E-state index in [1.807, 2.05) is 60.7 Å². The van der Waals surface area contributed by atoms with E-state index in [-0.39, 0.29) is 5.75 Å². The maximum atomic E-state index is 14.2. The van der Waals surface area contributed by atoms with Crippen LogP contribution in [0.2, 0.25) is 0 Å². The molecule has 0 unspecified atom stereocenters. The summed E-state index contributed by atoms with van der Waals surface area (Å²) >= 11 is 0. The molecular weight excluding hydrogens is 485 g/mol. The number of rotatable bonds is 7. The molecule has 0 fully saturated rings. The average Bonchev–Trinajstić information content (AvgIpc) is 2.95. The van der Waals surface area contributed by atoms with Gasteiger partial charge < -0.3 is 5.11 Å². The molecule has 2 heterocycles. The van der Waals surface area contributed by atoms with E-state index in [1.54, 1.807) is 18.3 Å². The van der Waals surface area contributed by atoms with Crippen LogP contribution >= 0.6 is 0 Å². The molecule has 2 aromatic heterocycles. The molecule has 3 aromatic carbocycles. The van der Waals surface area contributed by atoms with Crippen LogP contribution in [0.25, 0.3) is 22.5 Å². The highest BCUT2D eigenvalue weighted by molar-refractivity contribution is 5.81. The summed E-state index contributed by atoms with van der Waals surface area (Å²) < 4.78 is 14.2. The quantitative estimate of drug-likeness (QED) is 0.234. The van der Waals surface area contributed by atoms with Gasteiger partial charge in [-0.3, -0.25) is 9.88 Å². The highest BCUT2D eigenvalue weighted by Crippen LogP contribution is 2.40. The summed E-state index contributed by atoms with van der Waals surface area (Å²) in [5, 5.41) is 10.5. The SMILES string of the molecule is CC(C)c1cc(C(C)C)cc(N(c2cccc(-c3cccc(F)c3O)c2)c2cccc(-c3ccccn3)n2)c1. The number of nitrogens with zero attached hydrogens (tertiary/aromatic N) is 3. The van der Waals surface area contributed by atoms with Gasteiger partial charge in [0.1, 0.15) is 5.82 Å². The Hall–Kier alpha value is -4.51. The first-order valence-electron chi connectivity index (χ1n) is 13.2. The molecule has 196 valence electrons. The van der Waals surface area contributed by atoms with Crippen molar-refractivity contribution in [2.45, 2.75) is 39.5 Å². The zero-order chi connectivity index (χ0) is 27.5. The second-order valence-corrected chi connectivity index (χ2v) is 10.3. The van der Waals surface area contributed by atoms with Crippen LogP contribution < -0.4 is 4.90 Å². The number of hydrogen-bond donors (Lipinski definition) is 1.